The van der Waals surface area contributed by atoms with Crippen LogP contribution in [0.5, 0.6) is 0 Å². The molecule has 0 spiro atoms. The Morgan fingerprint density at radius 3 is 2.33 bits per heavy atom. The van der Waals surface area contributed by atoms with Gasteiger partial charge in [-0.2, -0.15) is 0 Å². The highest BCUT2D eigenvalue weighted by atomic mass is 16.3. The normalized spacial score (nSPS) is 45.0. The summed E-state index contributed by atoms with van der Waals surface area (Å²) < 4.78 is 0. The van der Waals surface area contributed by atoms with Gasteiger partial charge >= 0.3 is 0 Å². The molecule has 0 aromatic heterocycles. The number of β-amino-alcohol motifs (C(OH)–C–C–N with tert-alkyl or cyclic N) is 1. The Hall–Kier alpha value is -0.0800. The minimum atomic E-state index is -0.0787. The summed E-state index contributed by atoms with van der Waals surface area (Å²) in [7, 11) is 0. The molecule has 0 unspecified atom stereocenters. The molecular formula is C4H9NO. The maximum absolute atomic E-state index is 8.65. The SMILES string of the molecule is C[C@@H]1NC[C@@H]1O. The Morgan fingerprint density at radius 2 is 2.33 bits per heavy atom. The van der Waals surface area contributed by atoms with E-state index in [9.17, 15) is 0 Å². The Bertz CT molecular complexity index is 47.5. The van der Waals surface area contributed by atoms with Crippen LogP contribution in [0.4, 0.5) is 0 Å². The van der Waals surface area contributed by atoms with E-state index in [-0.39, 0.29) is 6.10 Å². The molecule has 2 nitrogen and oxygen atoms in total. The van der Waals surface area contributed by atoms with Crippen LogP contribution in [-0.2, 0) is 0 Å². The van der Waals surface area contributed by atoms with Gasteiger partial charge < -0.3 is 10.4 Å². The average molecular weight is 87.1 g/mol. The first-order chi connectivity index (χ1) is 2.80. The fraction of sp³-hybridized carbons (Fsp3) is 1.00. The zero-order valence-corrected chi connectivity index (χ0v) is 3.81. The second-order valence-corrected chi connectivity index (χ2v) is 1.76. The predicted octanol–water partition coefficient (Wildman–Crippen LogP) is -0.661. The summed E-state index contributed by atoms with van der Waals surface area (Å²) in [4.78, 5) is 0. The molecule has 1 fully saturated rings. The minimum Gasteiger partial charge on any atom is -0.390 e. The predicted molar refractivity (Wildman–Crippen MR) is 23.5 cm³/mol. The van der Waals surface area contributed by atoms with Crippen molar-refractivity contribution in [1.29, 1.82) is 0 Å². The molecule has 0 bridgehead atoms. The molecule has 2 atom stereocenters. The van der Waals surface area contributed by atoms with Crippen LogP contribution < -0.4 is 5.32 Å². The van der Waals surface area contributed by atoms with Gasteiger partial charge in [-0.15, -0.1) is 0 Å². The fourth-order valence-corrected chi connectivity index (χ4v) is 0.459. The molecule has 1 aliphatic heterocycles. The lowest BCUT2D eigenvalue weighted by Gasteiger charge is -2.30. The Morgan fingerprint density at radius 1 is 1.83 bits per heavy atom. The number of hydrogen-bond acceptors (Lipinski definition) is 2. The quantitative estimate of drug-likeness (QED) is 0.411. The van der Waals surface area contributed by atoms with Gasteiger partial charge in [-0.1, -0.05) is 0 Å². The van der Waals surface area contributed by atoms with E-state index in [1.165, 1.54) is 0 Å². The van der Waals surface area contributed by atoms with Gasteiger partial charge in [-0.3, -0.25) is 0 Å². The van der Waals surface area contributed by atoms with E-state index in [0.29, 0.717) is 6.04 Å². The fourth-order valence-electron chi connectivity index (χ4n) is 0.459. The van der Waals surface area contributed by atoms with Crippen LogP contribution in [0.2, 0.25) is 0 Å². The summed E-state index contributed by atoms with van der Waals surface area (Å²) in [6.45, 7) is 2.75. The molecule has 36 valence electrons. The number of aliphatic hydroxyl groups is 1. The van der Waals surface area contributed by atoms with Crippen molar-refractivity contribution >= 4 is 0 Å². The summed E-state index contributed by atoms with van der Waals surface area (Å²) in [5.74, 6) is 0. The van der Waals surface area contributed by atoms with Crippen LogP contribution in [0, 0.1) is 0 Å². The van der Waals surface area contributed by atoms with Crippen molar-refractivity contribution in [3.8, 4) is 0 Å². The largest absolute Gasteiger partial charge is 0.390 e. The zero-order valence-electron chi connectivity index (χ0n) is 3.81. The summed E-state index contributed by atoms with van der Waals surface area (Å²) in [6.07, 6.45) is -0.0787. The third kappa shape index (κ3) is 0.420. The smallest absolute Gasteiger partial charge is 0.0814 e. The summed E-state index contributed by atoms with van der Waals surface area (Å²) in [5, 5.41) is 11.7. The maximum atomic E-state index is 8.65. The van der Waals surface area contributed by atoms with Crippen LogP contribution in [0.25, 0.3) is 0 Å². The number of hydrogen-bond donors (Lipinski definition) is 2. The average Bonchev–Trinajstić information content (AvgIpc) is 1.61. The van der Waals surface area contributed by atoms with Gasteiger partial charge in [0.15, 0.2) is 0 Å². The molecule has 0 aromatic carbocycles. The number of aliphatic hydroxyl groups excluding tert-OH is 1. The van der Waals surface area contributed by atoms with E-state index in [0.717, 1.165) is 6.54 Å². The zero-order chi connectivity index (χ0) is 4.57. The molecule has 0 saturated carbocycles. The van der Waals surface area contributed by atoms with Gasteiger partial charge in [0.25, 0.3) is 0 Å². The van der Waals surface area contributed by atoms with Gasteiger partial charge in [0.1, 0.15) is 0 Å². The van der Waals surface area contributed by atoms with Crippen LogP contribution >= 0.6 is 0 Å². The van der Waals surface area contributed by atoms with E-state index >= 15 is 0 Å². The molecule has 1 saturated heterocycles. The Balaban J connectivity index is 2.20. The lowest BCUT2D eigenvalue weighted by molar-refractivity contribution is 0.0704. The van der Waals surface area contributed by atoms with Gasteiger partial charge in [0.2, 0.25) is 0 Å². The number of nitrogens with one attached hydrogen (secondary N) is 1. The molecule has 0 aliphatic carbocycles. The van der Waals surface area contributed by atoms with Crippen LogP contribution in [0.15, 0.2) is 0 Å². The minimum absolute atomic E-state index is 0.0787. The third-order valence-electron chi connectivity index (χ3n) is 1.23. The van der Waals surface area contributed by atoms with Crippen LogP contribution in [-0.4, -0.2) is 23.8 Å². The van der Waals surface area contributed by atoms with E-state index < -0.39 is 0 Å². The molecule has 0 amide bonds. The highest BCUT2D eigenvalue weighted by molar-refractivity contribution is 4.82. The summed E-state index contributed by atoms with van der Waals surface area (Å²) in [6, 6.07) is 0.338. The maximum Gasteiger partial charge on any atom is 0.0814 e. The van der Waals surface area contributed by atoms with Crippen LogP contribution in [0.3, 0.4) is 0 Å². The second kappa shape index (κ2) is 1.21. The molecule has 6 heavy (non-hydrogen) atoms. The molecule has 2 heteroatoms. The highest BCUT2D eigenvalue weighted by Crippen LogP contribution is 1.99. The van der Waals surface area contributed by atoms with E-state index in [1.807, 2.05) is 6.92 Å². The highest BCUT2D eigenvalue weighted by Gasteiger charge is 2.21. The van der Waals surface area contributed by atoms with Crippen molar-refractivity contribution in [3.05, 3.63) is 0 Å². The lowest BCUT2D eigenvalue weighted by Crippen LogP contribution is -2.55. The van der Waals surface area contributed by atoms with Crippen molar-refractivity contribution in [3.63, 3.8) is 0 Å². The first-order valence-corrected chi connectivity index (χ1v) is 2.22. The second-order valence-electron chi connectivity index (χ2n) is 1.76. The van der Waals surface area contributed by atoms with E-state index in [4.69, 9.17) is 5.11 Å². The molecular weight excluding hydrogens is 78.0 g/mol. The van der Waals surface area contributed by atoms with E-state index in [1.54, 1.807) is 0 Å². The standard InChI is InChI=1S/C4H9NO/c1-3-4(6)2-5-3/h3-6H,2H2,1H3/t3-,4-/m0/s1. The molecule has 0 aromatic rings. The van der Waals surface area contributed by atoms with Crippen molar-refractivity contribution in [1.82, 2.24) is 5.32 Å². The summed E-state index contributed by atoms with van der Waals surface area (Å²) in [5.41, 5.74) is 0. The molecule has 0 radical (unpaired) electrons. The first kappa shape index (κ1) is 4.09. The van der Waals surface area contributed by atoms with Crippen molar-refractivity contribution in [2.24, 2.45) is 0 Å². The lowest BCUT2D eigenvalue weighted by atomic mass is 10.1. The molecule has 1 rings (SSSR count). The van der Waals surface area contributed by atoms with Gasteiger partial charge in [0, 0.05) is 12.6 Å². The third-order valence-corrected chi connectivity index (χ3v) is 1.23. The topological polar surface area (TPSA) is 32.3 Å². The number of rotatable bonds is 0. The molecule has 2 N–H and O–H groups in total. The first-order valence-electron chi connectivity index (χ1n) is 2.22. The van der Waals surface area contributed by atoms with Gasteiger partial charge in [-0.25, -0.2) is 0 Å². The van der Waals surface area contributed by atoms with Crippen LogP contribution in [0.1, 0.15) is 6.92 Å². The molecule has 1 heterocycles. The van der Waals surface area contributed by atoms with Gasteiger partial charge in [0.05, 0.1) is 6.10 Å². The Labute approximate surface area is 37.2 Å². The van der Waals surface area contributed by atoms with Crippen molar-refractivity contribution in [2.75, 3.05) is 6.54 Å². The monoisotopic (exact) mass is 87.1 g/mol. The van der Waals surface area contributed by atoms with Gasteiger partial charge in [-0.05, 0) is 6.92 Å². The van der Waals surface area contributed by atoms with Crippen molar-refractivity contribution < 1.29 is 5.11 Å². The van der Waals surface area contributed by atoms with E-state index in [2.05, 4.69) is 5.32 Å². The molecule has 1 aliphatic rings. The Kier molecular flexibility index (Phi) is 0.821. The summed E-state index contributed by atoms with van der Waals surface area (Å²) >= 11 is 0. The van der Waals surface area contributed by atoms with Crippen molar-refractivity contribution in [2.45, 2.75) is 19.1 Å².